The molecule has 3 aliphatic rings. The Bertz CT molecular complexity index is 843. The average Bonchev–Trinajstić information content (AvgIpc) is 3.32. The Morgan fingerprint density at radius 1 is 1.30 bits per heavy atom. The van der Waals surface area contributed by atoms with Crippen LogP contribution in [0.25, 0.3) is 6.08 Å². The van der Waals surface area contributed by atoms with E-state index in [1.165, 1.54) is 0 Å². The van der Waals surface area contributed by atoms with Crippen molar-refractivity contribution in [2.75, 3.05) is 24.8 Å². The molecule has 1 aromatic rings. The summed E-state index contributed by atoms with van der Waals surface area (Å²) in [5.74, 6) is 1.40. The monoisotopic (exact) mass is 408 g/mol. The number of aliphatic hydroxyl groups is 1. The Labute approximate surface area is 163 Å². The van der Waals surface area contributed by atoms with E-state index in [2.05, 4.69) is 5.32 Å². The molecule has 142 valence electrons. The first-order chi connectivity index (χ1) is 13.0. The summed E-state index contributed by atoms with van der Waals surface area (Å²) in [6.07, 6.45) is 0.974. The molecule has 0 saturated carbocycles. The molecular formula is C17H16N2O6S2. The molecule has 8 nitrogen and oxygen atoms in total. The fourth-order valence-corrected chi connectivity index (χ4v) is 4.88. The van der Waals surface area contributed by atoms with Gasteiger partial charge in [-0.3, -0.25) is 19.3 Å². The van der Waals surface area contributed by atoms with Crippen molar-refractivity contribution in [2.24, 2.45) is 0 Å². The zero-order valence-corrected chi connectivity index (χ0v) is 15.7. The van der Waals surface area contributed by atoms with Gasteiger partial charge in [-0.15, -0.1) is 0 Å². The summed E-state index contributed by atoms with van der Waals surface area (Å²) in [5.41, 5.74) is 0.695. The summed E-state index contributed by atoms with van der Waals surface area (Å²) in [7, 11) is 0. The van der Waals surface area contributed by atoms with Crippen LogP contribution in [-0.2, 0) is 9.59 Å². The fraction of sp³-hybridized carbons (Fsp3) is 0.353. The SMILES string of the molecule is O=C(CN1C(=O)S/C(=C\c2ccc3c(c2)OCO3)C1=O)N[C@H]1CSC[C@H]1O. The smallest absolute Gasteiger partial charge is 0.294 e. The van der Waals surface area contributed by atoms with Crippen molar-refractivity contribution in [1.82, 2.24) is 10.2 Å². The van der Waals surface area contributed by atoms with E-state index in [1.807, 2.05) is 0 Å². The van der Waals surface area contributed by atoms with Gasteiger partial charge in [0.1, 0.15) is 6.54 Å². The van der Waals surface area contributed by atoms with Gasteiger partial charge in [0.25, 0.3) is 11.1 Å². The highest BCUT2D eigenvalue weighted by Gasteiger charge is 2.37. The molecule has 2 saturated heterocycles. The average molecular weight is 408 g/mol. The number of carbonyl (C=O) groups excluding carboxylic acids is 3. The molecule has 0 bridgehead atoms. The first kappa shape index (κ1) is 18.2. The van der Waals surface area contributed by atoms with Gasteiger partial charge in [0.05, 0.1) is 17.1 Å². The van der Waals surface area contributed by atoms with E-state index in [0.717, 1.165) is 16.7 Å². The molecule has 0 unspecified atom stereocenters. The maximum Gasteiger partial charge on any atom is 0.294 e. The second-order valence-corrected chi connectivity index (χ2v) is 8.23. The third kappa shape index (κ3) is 3.78. The van der Waals surface area contributed by atoms with Gasteiger partial charge in [-0.1, -0.05) is 6.07 Å². The van der Waals surface area contributed by atoms with Crippen LogP contribution in [0, 0.1) is 0 Å². The van der Waals surface area contributed by atoms with Gasteiger partial charge in [-0.25, -0.2) is 0 Å². The number of thioether (sulfide) groups is 2. The third-order valence-electron chi connectivity index (χ3n) is 4.27. The number of imide groups is 1. The standard InChI is InChI=1S/C17H16N2O6S2/c20-11-7-26-6-10(11)18-15(21)5-19-16(22)14(27-17(19)23)4-9-1-2-12-13(3-9)25-8-24-12/h1-4,10-11,20H,5-8H2,(H,18,21)/b14-4-/t10-,11+/m0/s1. The van der Waals surface area contributed by atoms with Gasteiger partial charge in [0.15, 0.2) is 11.5 Å². The van der Waals surface area contributed by atoms with E-state index in [9.17, 15) is 19.5 Å². The van der Waals surface area contributed by atoms with E-state index in [-0.39, 0.29) is 24.3 Å². The molecular weight excluding hydrogens is 392 g/mol. The maximum atomic E-state index is 12.5. The fourth-order valence-electron chi connectivity index (χ4n) is 2.87. The lowest BCUT2D eigenvalue weighted by Gasteiger charge is -2.18. The number of nitrogens with zero attached hydrogens (tertiary/aromatic N) is 1. The molecule has 3 heterocycles. The number of hydrogen-bond acceptors (Lipinski definition) is 8. The van der Waals surface area contributed by atoms with Crippen molar-refractivity contribution in [2.45, 2.75) is 12.1 Å². The van der Waals surface area contributed by atoms with Crippen molar-refractivity contribution in [3.05, 3.63) is 28.7 Å². The van der Waals surface area contributed by atoms with E-state index in [1.54, 1.807) is 36.0 Å². The summed E-state index contributed by atoms with van der Waals surface area (Å²) in [5, 5.41) is 11.9. The number of hydrogen-bond donors (Lipinski definition) is 2. The van der Waals surface area contributed by atoms with Crippen molar-refractivity contribution in [3.8, 4) is 11.5 Å². The topological polar surface area (TPSA) is 105 Å². The van der Waals surface area contributed by atoms with Crippen molar-refractivity contribution in [3.63, 3.8) is 0 Å². The second kappa shape index (κ2) is 7.45. The Hall–Kier alpha value is -2.17. The Morgan fingerprint density at radius 2 is 2.11 bits per heavy atom. The van der Waals surface area contributed by atoms with Crippen LogP contribution in [-0.4, -0.2) is 64.0 Å². The minimum absolute atomic E-state index is 0.151. The number of rotatable bonds is 4. The van der Waals surface area contributed by atoms with E-state index >= 15 is 0 Å². The Balaban J connectivity index is 1.43. The minimum atomic E-state index is -0.611. The molecule has 4 rings (SSSR count). The zero-order valence-electron chi connectivity index (χ0n) is 14.0. The summed E-state index contributed by atoms with van der Waals surface area (Å²) in [6, 6.07) is 4.86. The molecule has 27 heavy (non-hydrogen) atoms. The lowest BCUT2D eigenvalue weighted by molar-refractivity contribution is -0.129. The van der Waals surface area contributed by atoms with Crippen LogP contribution in [0.1, 0.15) is 5.56 Å². The molecule has 2 fully saturated rings. The number of aliphatic hydroxyl groups excluding tert-OH is 1. The van der Waals surface area contributed by atoms with Crippen molar-refractivity contribution >= 4 is 46.7 Å². The lowest BCUT2D eigenvalue weighted by atomic mass is 10.2. The van der Waals surface area contributed by atoms with Gasteiger partial charge in [0, 0.05) is 11.5 Å². The van der Waals surface area contributed by atoms with Crippen molar-refractivity contribution < 1.29 is 29.0 Å². The first-order valence-corrected chi connectivity index (χ1v) is 10.2. The molecule has 3 amide bonds. The number of ether oxygens (including phenoxy) is 2. The molecule has 3 aliphatic heterocycles. The highest BCUT2D eigenvalue weighted by atomic mass is 32.2. The van der Waals surface area contributed by atoms with Gasteiger partial charge in [-0.05, 0) is 35.5 Å². The molecule has 10 heteroatoms. The van der Waals surface area contributed by atoms with Crippen LogP contribution in [0.5, 0.6) is 11.5 Å². The molecule has 0 aliphatic carbocycles. The quantitative estimate of drug-likeness (QED) is 0.712. The molecule has 2 atom stereocenters. The van der Waals surface area contributed by atoms with Crippen LogP contribution >= 0.6 is 23.5 Å². The van der Waals surface area contributed by atoms with Crippen LogP contribution in [0.2, 0.25) is 0 Å². The van der Waals surface area contributed by atoms with Crippen LogP contribution in [0.3, 0.4) is 0 Å². The van der Waals surface area contributed by atoms with Crippen LogP contribution in [0.15, 0.2) is 23.1 Å². The largest absolute Gasteiger partial charge is 0.454 e. The van der Waals surface area contributed by atoms with Gasteiger partial charge in [0.2, 0.25) is 12.7 Å². The second-order valence-electron chi connectivity index (χ2n) is 6.16. The number of fused-ring (bicyclic) bond motifs is 1. The maximum absolute atomic E-state index is 12.5. The normalized spacial score (nSPS) is 25.5. The van der Waals surface area contributed by atoms with Crippen LogP contribution < -0.4 is 14.8 Å². The predicted molar refractivity (Wildman–Crippen MR) is 101 cm³/mol. The number of benzene rings is 1. The predicted octanol–water partition coefficient (Wildman–Crippen LogP) is 1.04. The summed E-state index contributed by atoms with van der Waals surface area (Å²) < 4.78 is 10.5. The molecule has 1 aromatic carbocycles. The number of carbonyl (C=O) groups is 3. The van der Waals surface area contributed by atoms with Gasteiger partial charge >= 0.3 is 0 Å². The summed E-state index contributed by atoms with van der Waals surface area (Å²) in [4.78, 5) is 38.0. The highest BCUT2D eigenvalue weighted by Crippen LogP contribution is 2.36. The highest BCUT2D eigenvalue weighted by molar-refractivity contribution is 8.18. The van der Waals surface area contributed by atoms with Gasteiger partial charge < -0.3 is 19.9 Å². The third-order valence-corrected chi connectivity index (χ3v) is 6.35. The minimum Gasteiger partial charge on any atom is -0.454 e. The van der Waals surface area contributed by atoms with Crippen LogP contribution in [0.4, 0.5) is 4.79 Å². The molecule has 2 N–H and O–H groups in total. The number of amides is 3. The molecule has 0 radical (unpaired) electrons. The van der Waals surface area contributed by atoms with Crippen molar-refractivity contribution in [1.29, 1.82) is 0 Å². The first-order valence-electron chi connectivity index (χ1n) is 8.21. The Morgan fingerprint density at radius 3 is 2.89 bits per heavy atom. The van der Waals surface area contributed by atoms with E-state index in [0.29, 0.717) is 28.6 Å². The molecule has 0 spiro atoms. The summed E-state index contributed by atoms with van der Waals surface area (Å²) >= 11 is 2.33. The number of nitrogens with one attached hydrogen (secondary N) is 1. The summed E-state index contributed by atoms with van der Waals surface area (Å²) in [6.45, 7) is -0.213. The van der Waals surface area contributed by atoms with Gasteiger partial charge in [-0.2, -0.15) is 11.8 Å². The van der Waals surface area contributed by atoms with E-state index < -0.39 is 23.2 Å². The zero-order chi connectivity index (χ0) is 19.0. The molecule has 0 aromatic heterocycles. The van der Waals surface area contributed by atoms with E-state index in [4.69, 9.17) is 9.47 Å². The lowest BCUT2D eigenvalue weighted by Crippen LogP contribution is -2.47. The Kier molecular flexibility index (Phi) is 5.02.